The molecule has 1 fully saturated rings. The summed E-state index contributed by atoms with van der Waals surface area (Å²) in [7, 11) is -3.56. The molecule has 0 bridgehead atoms. The molecule has 0 spiro atoms. The third-order valence-electron chi connectivity index (χ3n) is 3.78. The number of hydrogen-bond donors (Lipinski definition) is 2. The molecule has 108 valence electrons. The van der Waals surface area contributed by atoms with Crippen molar-refractivity contribution in [2.45, 2.75) is 45.1 Å². The predicted molar refractivity (Wildman–Crippen MR) is 71.0 cm³/mol. The average Bonchev–Trinajstić information content (AvgIpc) is 2.70. The highest BCUT2D eigenvalue weighted by molar-refractivity contribution is 7.89. The summed E-state index contributed by atoms with van der Waals surface area (Å²) < 4.78 is 26.7. The van der Waals surface area contributed by atoms with Crippen LogP contribution >= 0.6 is 0 Å². The van der Waals surface area contributed by atoms with Crippen molar-refractivity contribution in [3.05, 3.63) is 11.4 Å². The van der Waals surface area contributed by atoms with E-state index in [-0.39, 0.29) is 22.6 Å². The molecule has 2 heterocycles. The molecule has 0 unspecified atom stereocenters. The number of nitrogens with zero attached hydrogens (tertiary/aromatic N) is 2. The Morgan fingerprint density at radius 1 is 1.37 bits per heavy atom. The van der Waals surface area contributed by atoms with Crippen LogP contribution in [0.3, 0.4) is 0 Å². The number of aryl methyl sites for hydroxylation is 1. The van der Waals surface area contributed by atoms with E-state index >= 15 is 0 Å². The Balaban J connectivity index is 2.31. The number of aliphatic hydroxyl groups excluding tert-OH is 1. The maximum absolute atomic E-state index is 12.6. The van der Waals surface area contributed by atoms with Crippen LogP contribution in [0.15, 0.2) is 4.90 Å². The van der Waals surface area contributed by atoms with Gasteiger partial charge >= 0.3 is 0 Å². The summed E-state index contributed by atoms with van der Waals surface area (Å²) in [6.45, 7) is 6.62. The van der Waals surface area contributed by atoms with Gasteiger partial charge in [-0.25, -0.2) is 8.42 Å². The minimum Gasteiger partial charge on any atom is -0.390 e. The van der Waals surface area contributed by atoms with E-state index < -0.39 is 10.0 Å². The molecule has 1 aromatic rings. The molecule has 0 radical (unpaired) electrons. The third kappa shape index (κ3) is 2.68. The lowest BCUT2D eigenvalue weighted by molar-refractivity contribution is 0.195. The molecule has 0 amide bonds. The van der Waals surface area contributed by atoms with Crippen LogP contribution in [-0.2, 0) is 16.6 Å². The monoisotopic (exact) mass is 287 g/mol. The molecule has 19 heavy (non-hydrogen) atoms. The van der Waals surface area contributed by atoms with E-state index in [1.807, 2.05) is 0 Å². The maximum atomic E-state index is 12.6. The molecular formula is C12H21N3O3S. The first-order valence-corrected chi connectivity index (χ1v) is 7.87. The zero-order valence-corrected chi connectivity index (χ0v) is 12.4. The van der Waals surface area contributed by atoms with Crippen molar-refractivity contribution >= 4 is 10.0 Å². The van der Waals surface area contributed by atoms with E-state index in [0.717, 1.165) is 12.8 Å². The fourth-order valence-electron chi connectivity index (χ4n) is 2.38. The molecule has 1 aromatic heterocycles. The first-order valence-electron chi connectivity index (χ1n) is 6.43. The summed E-state index contributed by atoms with van der Waals surface area (Å²) in [4.78, 5) is 0.134. The summed E-state index contributed by atoms with van der Waals surface area (Å²) in [5.74, 6) is 0. The molecule has 2 N–H and O–H groups in total. The number of hydrogen-bond acceptors (Lipinski definition) is 4. The summed E-state index contributed by atoms with van der Waals surface area (Å²) in [6.07, 6.45) is 1.69. The smallest absolute Gasteiger partial charge is 0.246 e. The molecule has 1 aliphatic heterocycles. The predicted octanol–water partition coefficient (Wildman–Crippen LogP) is 1.02. The highest BCUT2D eigenvalue weighted by Gasteiger charge is 2.35. The molecule has 6 nitrogen and oxygen atoms in total. The van der Waals surface area contributed by atoms with Crippen molar-refractivity contribution in [2.24, 2.45) is 5.41 Å². The Hall–Kier alpha value is -0.920. The Bertz CT molecular complexity index is 553. The van der Waals surface area contributed by atoms with E-state index in [1.54, 1.807) is 6.92 Å². The zero-order valence-electron chi connectivity index (χ0n) is 11.6. The van der Waals surface area contributed by atoms with Crippen LogP contribution in [0.4, 0.5) is 0 Å². The molecular weight excluding hydrogens is 266 g/mol. The minimum absolute atomic E-state index is 0.134. The van der Waals surface area contributed by atoms with Crippen LogP contribution < -0.4 is 0 Å². The van der Waals surface area contributed by atoms with Gasteiger partial charge in [0.25, 0.3) is 0 Å². The first kappa shape index (κ1) is 14.5. The lowest BCUT2D eigenvalue weighted by Gasteiger charge is -2.36. The molecule has 1 saturated heterocycles. The lowest BCUT2D eigenvalue weighted by Crippen LogP contribution is -2.41. The van der Waals surface area contributed by atoms with Crippen LogP contribution in [0.2, 0.25) is 0 Å². The molecule has 0 aromatic carbocycles. The van der Waals surface area contributed by atoms with Gasteiger partial charge in [-0.2, -0.15) is 9.40 Å². The van der Waals surface area contributed by atoms with E-state index in [2.05, 4.69) is 24.0 Å². The van der Waals surface area contributed by atoms with Gasteiger partial charge < -0.3 is 5.11 Å². The lowest BCUT2D eigenvalue weighted by atomic mass is 9.83. The number of nitrogens with one attached hydrogen (secondary N) is 1. The second-order valence-electron chi connectivity index (χ2n) is 5.85. The van der Waals surface area contributed by atoms with Gasteiger partial charge in [0.1, 0.15) is 10.6 Å². The Labute approximate surface area is 113 Å². The van der Waals surface area contributed by atoms with Gasteiger partial charge in [0.15, 0.2) is 0 Å². The largest absolute Gasteiger partial charge is 0.390 e. The van der Waals surface area contributed by atoms with Gasteiger partial charge in [-0.1, -0.05) is 13.8 Å². The number of sulfonamides is 1. The first-order chi connectivity index (χ1) is 8.78. The molecule has 2 rings (SSSR count). The highest BCUT2D eigenvalue weighted by Crippen LogP contribution is 2.33. The van der Waals surface area contributed by atoms with Crippen LogP contribution in [0, 0.1) is 12.3 Å². The standard InChI is InChI=1S/C12H21N3O3S/c1-9-11(10(8-16)14-13-9)19(17,18)15-6-4-12(2,3)5-7-15/h16H,4-8H2,1-3H3,(H,13,14). The topological polar surface area (TPSA) is 86.3 Å². The van der Waals surface area contributed by atoms with E-state index in [1.165, 1.54) is 4.31 Å². The molecule has 0 aliphatic carbocycles. The van der Waals surface area contributed by atoms with Gasteiger partial charge in [-0.3, -0.25) is 5.10 Å². The number of rotatable bonds is 3. The van der Waals surface area contributed by atoms with Crippen LogP contribution in [0.1, 0.15) is 38.1 Å². The number of aromatic amines is 1. The van der Waals surface area contributed by atoms with E-state index in [0.29, 0.717) is 18.8 Å². The van der Waals surface area contributed by atoms with Gasteiger partial charge in [-0.15, -0.1) is 0 Å². The zero-order chi connectivity index (χ0) is 14.3. The second-order valence-corrected chi connectivity index (χ2v) is 7.73. The molecule has 7 heteroatoms. The second kappa shape index (κ2) is 4.88. The van der Waals surface area contributed by atoms with Crippen molar-refractivity contribution in [2.75, 3.05) is 13.1 Å². The van der Waals surface area contributed by atoms with Gasteiger partial charge in [0.05, 0.1) is 12.3 Å². The summed E-state index contributed by atoms with van der Waals surface area (Å²) >= 11 is 0. The summed E-state index contributed by atoms with van der Waals surface area (Å²) in [6, 6.07) is 0. The van der Waals surface area contributed by atoms with Crippen LogP contribution in [0.25, 0.3) is 0 Å². The van der Waals surface area contributed by atoms with Crippen molar-refractivity contribution in [1.29, 1.82) is 0 Å². The van der Waals surface area contributed by atoms with Crippen molar-refractivity contribution in [1.82, 2.24) is 14.5 Å². The number of piperidine rings is 1. The van der Waals surface area contributed by atoms with Gasteiger partial charge in [0, 0.05) is 13.1 Å². The van der Waals surface area contributed by atoms with Crippen LogP contribution in [0.5, 0.6) is 0 Å². The minimum atomic E-state index is -3.56. The molecule has 0 atom stereocenters. The Kier molecular flexibility index (Phi) is 3.72. The molecule has 0 saturated carbocycles. The van der Waals surface area contributed by atoms with Crippen molar-refractivity contribution in [3.8, 4) is 0 Å². The Morgan fingerprint density at radius 2 is 1.95 bits per heavy atom. The molecule has 1 aliphatic rings. The summed E-state index contributed by atoms with van der Waals surface area (Å²) in [5.41, 5.74) is 0.869. The Morgan fingerprint density at radius 3 is 2.47 bits per heavy atom. The quantitative estimate of drug-likeness (QED) is 0.869. The fourth-order valence-corrected chi connectivity index (χ4v) is 4.14. The summed E-state index contributed by atoms with van der Waals surface area (Å²) in [5, 5.41) is 15.7. The third-order valence-corrected chi connectivity index (χ3v) is 5.89. The fraction of sp³-hybridized carbons (Fsp3) is 0.750. The average molecular weight is 287 g/mol. The number of aromatic nitrogens is 2. The van der Waals surface area contributed by atoms with Crippen LogP contribution in [-0.4, -0.2) is 41.1 Å². The van der Waals surface area contributed by atoms with Crippen molar-refractivity contribution < 1.29 is 13.5 Å². The van der Waals surface area contributed by atoms with Crippen molar-refractivity contribution in [3.63, 3.8) is 0 Å². The number of H-pyrrole nitrogens is 1. The van der Waals surface area contributed by atoms with E-state index in [9.17, 15) is 13.5 Å². The highest BCUT2D eigenvalue weighted by atomic mass is 32.2. The normalized spacial score (nSPS) is 20.6. The van der Waals surface area contributed by atoms with E-state index in [4.69, 9.17) is 0 Å². The SMILES string of the molecule is Cc1[nH]nc(CO)c1S(=O)(=O)N1CCC(C)(C)CC1. The van der Waals surface area contributed by atoms with Gasteiger partial charge in [-0.05, 0) is 25.2 Å². The number of aliphatic hydroxyl groups is 1. The van der Waals surface area contributed by atoms with Gasteiger partial charge in [0.2, 0.25) is 10.0 Å². The maximum Gasteiger partial charge on any atom is 0.246 e.